The first-order valence-corrected chi connectivity index (χ1v) is 3.96. The molecule has 0 saturated carbocycles. The predicted octanol–water partition coefficient (Wildman–Crippen LogP) is 0.459. The molecule has 0 amide bonds. The van der Waals surface area contributed by atoms with Crippen LogP contribution in [0.4, 0.5) is 0 Å². The summed E-state index contributed by atoms with van der Waals surface area (Å²) >= 11 is 0. The van der Waals surface area contributed by atoms with E-state index in [0.29, 0.717) is 0 Å². The summed E-state index contributed by atoms with van der Waals surface area (Å²) in [6.07, 6.45) is 4.00. The molecule has 3 heteroatoms. The van der Waals surface area contributed by atoms with Crippen LogP contribution in [0.15, 0.2) is 0 Å². The molecule has 2 rings (SSSR count). The summed E-state index contributed by atoms with van der Waals surface area (Å²) in [5.41, 5.74) is 0. The van der Waals surface area contributed by atoms with E-state index >= 15 is 0 Å². The third kappa shape index (κ3) is 1.48. The maximum Gasteiger partial charge on any atom is 0.150 e. The molecule has 2 unspecified atom stereocenters. The lowest BCUT2D eigenvalue weighted by Crippen LogP contribution is -2.02. The van der Waals surface area contributed by atoms with Gasteiger partial charge in [-0.3, -0.25) is 5.32 Å². The molecule has 0 aromatic carbocycles. The van der Waals surface area contributed by atoms with Gasteiger partial charge in [-0.2, -0.15) is 0 Å². The van der Waals surface area contributed by atoms with E-state index in [-0.39, 0.29) is 12.5 Å². The summed E-state index contributed by atoms with van der Waals surface area (Å²) in [5, 5.41) is 3.09. The van der Waals surface area contributed by atoms with Crippen molar-refractivity contribution < 1.29 is 9.47 Å². The molecule has 2 aliphatic rings. The van der Waals surface area contributed by atoms with Crippen molar-refractivity contribution in [1.82, 2.24) is 5.32 Å². The fraction of sp³-hybridized carbons (Fsp3) is 1.00. The van der Waals surface area contributed by atoms with Gasteiger partial charge in [-0.05, 0) is 19.3 Å². The van der Waals surface area contributed by atoms with Crippen LogP contribution in [0.2, 0.25) is 0 Å². The molecule has 2 saturated heterocycles. The maximum absolute atomic E-state index is 5.40. The van der Waals surface area contributed by atoms with E-state index in [2.05, 4.69) is 5.32 Å². The number of rotatable bonds is 0. The first-order valence-electron chi connectivity index (χ1n) is 3.96. The van der Waals surface area contributed by atoms with Gasteiger partial charge in [0.05, 0.1) is 0 Å². The third-order valence-corrected chi connectivity index (χ3v) is 1.88. The number of hydrogen-bond donors (Lipinski definition) is 1. The molecule has 2 heterocycles. The standard InChI is InChI=1S/C7H13NO2/c1-2-4-9-6-7(8-6)10-5-3-1/h6-8H,1-5H2. The van der Waals surface area contributed by atoms with E-state index in [1.807, 2.05) is 0 Å². The van der Waals surface area contributed by atoms with Crippen LogP contribution in [-0.2, 0) is 9.47 Å². The Balaban J connectivity index is 1.77. The quantitative estimate of drug-likeness (QED) is 0.501. The molecule has 3 nitrogen and oxygen atoms in total. The van der Waals surface area contributed by atoms with Crippen LogP contribution in [0.1, 0.15) is 19.3 Å². The number of hydrogen-bond acceptors (Lipinski definition) is 3. The van der Waals surface area contributed by atoms with Crippen molar-refractivity contribution in [3.63, 3.8) is 0 Å². The van der Waals surface area contributed by atoms with Crippen LogP contribution in [0.5, 0.6) is 0 Å². The Hall–Kier alpha value is -0.120. The topological polar surface area (TPSA) is 40.4 Å². The minimum absolute atomic E-state index is 0.207. The first-order chi connectivity index (χ1) is 4.97. The van der Waals surface area contributed by atoms with Crippen molar-refractivity contribution in [1.29, 1.82) is 0 Å². The summed E-state index contributed by atoms with van der Waals surface area (Å²) < 4.78 is 10.8. The van der Waals surface area contributed by atoms with Gasteiger partial charge in [-0.15, -0.1) is 0 Å². The smallest absolute Gasteiger partial charge is 0.150 e. The third-order valence-electron chi connectivity index (χ3n) is 1.88. The van der Waals surface area contributed by atoms with E-state index in [1.165, 1.54) is 19.3 Å². The Morgan fingerprint density at radius 1 is 0.900 bits per heavy atom. The Kier molecular flexibility index (Phi) is 1.88. The fourth-order valence-corrected chi connectivity index (χ4v) is 1.18. The zero-order chi connectivity index (χ0) is 6.81. The molecule has 2 fully saturated rings. The highest BCUT2D eigenvalue weighted by molar-refractivity contribution is 4.82. The van der Waals surface area contributed by atoms with Crippen molar-refractivity contribution in [2.24, 2.45) is 0 Å². The normalized spacial score (nSPS) is 40.8. The van der Waals surface area contributed by atoms with E-state index in [4.69, 9.17) is 9.47 Å². The van der Waals surface area contributed by atoms with Gasteiger partial charge in [0.2, 0.25) is 0 Å². The molecular weight excluding hydrogens is 130 g/mol. The Bertz CT molecular complexity index is 106. The monoisotopic (exact) mass is 143 g/mol. The molecule has 0 radical (unpaired) electrons. The van der Waals surface area contributed by atoms with E-state index in [9.17, 15) is 0 Å². The number of fused-ring (bicyclic) bond motifs is 1. The number of nitrogens with one attached hydrogen (secondary N) is 1. The summed E-state index contributed by atoms with van der Waals surface area (Å²) in [7, 11) is 0. The van der Waals surface area contributed by atoms with Crippen molar-refractivity contribution in [3.05, 3.63) is 0 Å². The molecule has 0 aromatic rings. The van der Waals surface area contributed by atoms with E-state index in [0.717, 1.165) is 13.2 Å². The van der Waals surface area contributed by atoms with Gasteiger partial charge >= 0.3 is 0 Å². The van der Waals surface area contributed by atoms with Crippen LogP contribution in [0.3, 0.4) is 0 Å². The summed E-state index contributed by atoms with van der Waals surface area (Å²) in [6.45, 7) is 1.77. The van der Waals surface area contributed by atoms with Gasteiger partial charge in [0.25, 0.3) is 0 Å². The van der Waals surface area contributed by atoms with Crippen molar-refractivity contribution >= 4 is 0 Å². The lowest BCUT2D eigenvalue weighted by atomic mass is 10.2. The van der Waals surface area contributed by atoms with Crippen molar-refractivity contribution in [2.75, 3.05) is 13.2 Å². The molecule has 1 N–H and O–H groups in total. The molecular formula is C7H13NO2. The highest BCUT2D eigenvalue weighted by atomic mass is 16.6. The lowest BCUT2D eigenvalue weighted by Gasteiger charge is -1.97. The van der Waals surface area contributed by atoms with Gasteiger partial charge in [-0.1, -0.05) is 0 Å². The Morgan fingerprint density at radius 3 is 2.10 bits per heavy atom. The average Bonchev–Trinajstić information content (AvgIpc) is 2.66. The van der Waals surface area contributed by atoms with Crippen LogP contribution in [-0.4, -0.2) is 25.7 Å². The number of ether oxygens (including phenoxy) is 2. The summed E-state index contributed by atoms with van der Waals surface area (Å²) in [4.78, 5) is 0. The molecule has 10 heavy (non-hydrogen) atoms. The van der Waals surface area contributed by atoms with Crippen LogP contribution in [0.25, 0.3) is 0 Å². The molecule has 0 aliphatic carbocycles. The zero-order valence-electron chi connectivity index (χ0n) is 6.01. The molecule has 0 bridgehead atoms. The highest BCUT2D eigenvalue weighted by Gasteiger charge is 2.38. The summed E-state index contributed by atoms with van der Waals surface area (Å²) in [6, 6.07) is 0. The van der Waals surface area contributed by atoms with Gasteiger partial charge in [-0.25, -0.2) is 0 Å². The fourth-order valence-electron chi connectivity index (χ4n) is 1.18. The van der Waals surface area contributed by atoms with Gasteiger partial charge in [0.1, 0.15) is 12.5 Å². The average molecular weight is 143 g/mol. The summed E-state index contributed by atoms with van der Waals surface area (Å²) in [5.74, 6) is 0. The van der Waals surface area contributed by atoms with Gasteiger partial charge < -0.3 is 9.47 Å². The maximum atomic E-state index is 5.40. The predicted molar refractivity (Wildman–Crippen MR) is 36.5 cm³/mol. The molecule has 58 valence electrons. The Labute approximate surface area is 60.7 Å². The highest BCUT2D eigenvalue weighted by Crippen LogP contribution is 2.16. The zero-order valence-corrected chi connectivity index (χ0v) is 6.01. The van der Waals surface area contributed by atoms with E-state index < -0.39 is 0 Å². The SMILES string of the molecule is C1CCOC2NC2OCC1. The van der Waals surface area contributed by atoms with Gasteiger partial charge in [0.15, 0.2) is 0 Å². The second-order valence-corrected chi connectivity index (χ2v) is 2.81. The minimum Gasteiger partial charge on any atom is -0.359 e. The lowest BCUT2D eigenvalue weighted by molar-refractivity contribution is 0.0535. The molecule has 0 aromatic heterocycles. The first kappa shape index (κ1) is 6.58. The second kappa shape index (κ2) is 2.86. The molecule has 2 aliphatic heterocycles. The van der Waals surface area contributed by atoms with Crippen molar-refractivity contribution in [2.45, 2.75) is 31.7 Å². The minimum atomic E-state index is 0.207. The molecule has 0 spiro atoms. The van der Waals surface area contributed by atoms with Crippen molar-refractivity contribution in [3.8, 4) is 0 Å². The second-order valence-electron chi connectivity index (χ2n) is 2.81. The largest absolute Gasteiger partial charge is 0.359 e. The van der Waals surface area contributed by atoms with Crippen LogP contribution in [0, 0.1) is 0 Å². The van der Waals surface area contributed by atoms with Crippen LogP contribution < -0.4 is 5.32 Å². The van der Waals surface area contributed by atoms with E-state index in [1.54, 1.807) is 0 Å². The van der Waals surface area contributed by atoms with Crippen LogP contribution >= 0.6 is 0 Å². The Morgan fingerprint density at radius 2 is 1.50 bits per heavy atom. The van der Waals surface area contributed by atoms with Gasteiger partial charge in [0, 0.05) is 13.2 Å². The molecule has 2 atom stereocenters.